The summed E-state index contributed by atoms with van der Waals surface area (Å²) in [7, 11) is 0. The van der Waals surface area contributed by atoms with E-state index < -0.39 is 0 Å². The molecule has 0 saturated carbocycles. The molecule has 2 heteroatoms. The summed E-state index contributed by atoms with van der Waals surface area (Å²) in [6.07, 6.45) is 21.8. The average Bonchev–Trinajstić information content (AvgIpc) is 3.47. The van der Waals surface area contributed by atoms with Gasteiger partial charge in [-0.3, -0.25) is 4.57 Å². The lowest BCUT2D eigenvalue weighted by Crippen LogP contribution is -2.30. The molecule has 0 fully saturated rings. The van der Waals surface area contributed by atoms with Gasteiger partial charge in [0.1, 0.15) is 5.82 Å². The second kappa shape index (κ2) is 17.9. The molecule has 0 spiro atoms. The zero-order valence-corrected chi connectivity index (χ0v) is 32.7. The highest BCUT2D eigenvalue weighted by molar-refractivity contribution is 5.63. The van der Waals surface area contributed by atoms with Crippen LogP contribution in [0.25, 0.3) is 17.1 Å². The lowest BCUT2D eigenvalue weighted by atomic mass is 9.71. The molecular weight excluding hydrogens is 569 g/mol. The van der Waals surface area contributed by atoms with Crippen molar-refractivity contribution in [2.24, 2.45) is 0 Å². The molecular formula is C45H72N2. The molecule has 0 atom stereocenters. The zero-order valence-electron chi connectivity index (χ0n) is 32.7. The van der Waals surface area contributed by atoms with Gasteiger partial charge in [0.15, 0.2) is 0 Å². The van der Waals surface area contributed by atoms with Crippen molar-refractivity contribution in [2.45, 2.75) is 195 Å². The van der Waals surface area contributed by atoms with E-state index in [0.29, 0.717) is 5.92 Å². The molecule has 0 saturated heterocycles. The van der Waals surface area contributed by atoms with E-state index in [1.807, 2.05) is 0 Å². The highest BCUT2D eigenvalue weighted by Crippen LogP contribution is 2.45. The largest absolute Gasteiger partial charge is 0.296 e. The van der Waals surface area contributed by atoms with Crippen molar-refractivity contribution in [3.63, 3.8) is 0 Å². The number of imidazole rings is 1. The second-order valence-electron chi connectivity index (χ2n) is 17.0. The minimum Gasteiger partial charge on any atom is -0.296 e. The number of unbranched alkanes of at least 4 members (excludes halogenated alkanes) is 9. The lowest BCUT2D eigenvalue weighted by Gasteiger charge is -2.36. The normalized spacial score (nSPS) is 12.8. The Hall–Kier alpha value is -2.35. The van der Waals surface area contributed by atoms with Gasteiger partial charge in [-0.2, -0.15) is 0 Å². The van der Waals surface area contributed by atoms with E-state index in [1.165, 1.54) is 130 Å². The van der Waals surface area contributed by atoms with E-state index in [2.05, 4.69) is 129 Å². The smallest absolute Gasteiger partial charge is 0.144 e. The molecule has 3 rings (SSSR count). The van der Waals surface area contributed by atoms with Crippen LogP contribution in [0, 0.1) is 0 Å². The van der Waals surface area contributed by atoms with Crippen LogP contribution < -0.4 is 0 Å². The third-order valence-electron chi connectivity index (χ3n) is 10.6. The molecule has 0 aliphatic heterocycles. The molecule has 3 aromatic rings. The molecule has 2 nitrogen and oxygen atoms in total. The van der Waals surface area contributed by atoms with Gasteiger partial charge in [-0.05, 0) is 58.8 Å². The molecule has 0 aliphatic rings. The molecule has 0 radical (unpaired) electrons. The van der Waals surface area contributed by atoms with Gasteiger partial charge < -0.3 is 0 Å². The molecule has 47 heavy (non-hydrogen) atoms. The van der Waals surface area contributed by atoms with Crippen molar-refractivity contribution in [3.05, 3.63) is 71.0 Å². The summed E-state index contributed by atoms with van der Waals surface area (Å²) in [6.45, 7) is 25.7. The first-order chi connectivity index (χ1) is 22.3. The number of nitrogens with zero attached hydrogens (tertiary/aromatic N) is 2. The first-order valence-electron chi connectivity index (χ1n) is 19.6. The molecule has 1 heterocycles. The molecule has 0 aliphatic carbocycles. The minimum absolute atomic E-state index is 0.104. The molecule has 0 unspecified atom stereocenters. The number of hydrogen-bond donors (Lipinski definition) is 0. The number of rotatable bonds is 19. The van der Waals surface area contributed by atoms with Crippen LogP contribution in [0.4, 0.5) is 0 Å². The summed E-state index contributed by atoms with van der Waals surface area (Å²) in [4.78, 5) is 5.39. The first kappa shape index (κ1) is 39.1. The van der Waals surface area contributed by atoms with Crippen molar-refractivity contribution in [1.29, 1.82) is 0 Å². The van der Waals surface area contributed by atoms with Crippen LogP contribution >= 0.6 is 0 Å². The van der Waals surface area contributed by atoms with Crippen molar-refractivity contribution in [2.75, 3.05) is 0 Å². The van der Waals surface area contributed by atoms with Crippen LogP contribution in [0.1, 0.15) is 201 Å². The van der Waals surface area contributed by atoms with Crippen molar-refractivity contribution < 1.29 is 0 Å². The van der Waals surface area contributed by atoms with E-state index in [1.54, 1.807) is 0 Å². The maximum atomic E-state index is 5.39. The Balaban J connectivity index is 2.34. The maximum absolute atomic E-state index is 5.39. The van der Waals surface area contributed by atoms with Gasteiger partial charge in [-0.15, -0.1) is 0 Å². The van der Waals surface area contributed by atoms with E-state index >= 15 is 0 Å². The standard InChI is InChI=1S/C45H72N2/c1-12-15-18-21-30-45(31-22-19-16-13-2,32-23-20-17-14-3)41-34-46-42(36-24-26-37(27-25-36)43(6,7)8)47(41)40-29-28-38(44(9,10)11)33-39(40)35(4)5/h24-29,33-35H,12-23,30-32H2,1-11H3. The Labute approximate surface area is 291 Å². The van der Waals surface area contributed by atoms with Gasteiger partial charge in [0.2, 0.25) is 0 Å². The summed E-state index contributed by atoms with van der Waals surface area (Å²) in [5.41, 5.74) is 8.57. The van der Waals surface area contributed by atoms with Gasteiger partial charge in [0, 0.05) is 22.9 Å². The Morgan fingerprint density at radius 3 is 1.49 bits per heavy atom. The molecule has 262 valence electrons. The van der Waals surface area contributed by atoms with Gasteiger partial charge in [-0.25, -0.2) is 4.98 Å². The van der Waals surface area contributed by atoms with E-state index in [0.717, 1.165) is 5.82 Å². The van der Waals surface area contributed by atoms with Crippen LogP contribution in [-0.2, 0) is 16.2 Å². The van der Waals surface area contributed by atoms with Gasteiger partial charge >= 0.3 is 0 Å². The highest BCUT2D eigenvalue weighted by Gasteiger charge is 2.36. The summed E-state index contributed by atoms with van der Waals surface area (Å²) < 4.78 is 2.65. The maximum Gasteiger partial charge on any atom is 0.144 e. The Bertz CT molecular complexity index is 1290. The predicted molar refractivity (Wildman–Crippen MR) is 208 cm³/mol. The van der Waals surface area contributed by atoms with Crippen LogP contribution in [0.15, 0.2) is 48.7 Å². The molecule has 2 aromatic carbocycles. The van der Waals surface area contributed by atoms with Crippen molar-refractivity contribution in [1.82, 2.24) is 9.55 Å². The van der Waals surface area contributed by atoms with Gasteiger partial charge in [0.05, 0.1) is 5.69 Å². The monoisotopic (exact) mass is 641 g/mol. The molecule has 0 bridgehead atoms. The van der Waals surface area contributed by atoms with Crippen LogP contribution in [0.5, 0.6) is 0 Å². The highest BCUT2D eigenvalue weighted by atomic mass is 15.1. The third kappa shape index (κ3) is 10.6. The van der Waals surface area contributed by atoms with Gasteiger partial charge in [0.25, 0.3) is 0 Å². The van der Waals surface area contributed by atoms with E-state index in [-0.39, 0.29) is 16.2 Å². The summed E-state index contributed by atoms with van der Waals surface area (Å²) in [5, 5.41) is 0. The second-order valence-corrected chi connectivity index (χ2v) is 17.0. The molecule has 0 N–H and O–H groups in total. The first-order valence-corrected chi connectivity index (χ1v) is 19.6. The SMILES string of the molecule is CCCCCCC(CCCCCC)(CCCCCC)c1cnc(-c2ccc(C(C)(C)C)cc2)n1-c1ccc(C(C)(C)C)cc1C(C)C. The number of aromatic nitrogens is 2. The fourth-order valence-corrected chi connectivity index (χ4v) is 7.41. The Morgan fingerprint density at radius 2 is 1.06 bits per heavy atom. The molecule has 1 aromatic heterocycles. The summed E-state index contributed by atoms with van der Waals surface area (Å²) in [5.74, 6) is 1.51. The number of benzene rings is 2. The zero-order chi connectivity index (χ0) is 34.7. The average molecular weight is 641 g/mol. The molecule has 0 amide bonds. The minimum atomic E-state index is 0.104. The summed E-state index contributed by atoms with van der Waals surface area (Å²) >= 11 is 0. The van der Waals surface area contributed by atoms with E-state index in [4.69, 9.17) is 4.98 Å². The third-order valence-corrected chi connectivity index (χ3v) is 10.6. The van der Waals surface area contributed by atoms with Crippen LogP contribution in [0.3, 0.4) is 0 Å². The van der Waals surface area contributed by atoms with E-state index in [9.17, 15) is 0 Å². The van der Waals surface area contributed by atoms with Crippen LogP contribution in [0.2, 0.25) is 0 Å². The number of hydrogen-bond acceptors (Lipinski definition) is 1. The van der Waals surface area contributed by atoms with Crippen molar-refractivity contribution in [3.8, 4) is 17.1 Å². The fourth-order valence-electron chi connectivity index (χ4n) is 7.41. The summed E-state index contributed by atoms with van der Waals surface area (Å²) in [6, 6.07) is 16.6. The van der Waals surface area contributed by atoms with Crippen molar-refractivity contribution >= 4 is 0 Å². The van der Waals surface area contributed by atoms with Gasteiger partial charge in [-0.1, -0.05) is 190 Å². The Morgan fingerprint density at radius 1 is 0.596 bits per heavy atom. The lowest BCUT2D eigenvalue weighted by molar-refractivity contribution is 0.290. The predicted octanol–water partition coefficient (Wildman–Crippen LogP) is 14.4. The Kier molecular flexibility index (Phi) is 14.9. The quantitative estimate of drug-likeness (QED) is 0.119. The van der Waals surface area contributed by atoms with Crippen LogP contribution in [-0.4, -0.2) is 9.55 Å². The topological polar surface area (TPSA) is 17.8 Å². The fraction of sp³-hybridized carbons (Fsp3) is 0.667.